The third kappa shape index (κ3) is 3.84. The Labute approximate surface area is 123 Å². The van der Waals surface area contributed by atoms with Crippen molar-refractivity contribution in [3.63, 3.8) is 0 Å². The highest BCUT2D eigenvalue weighted by Gasteiger charge is 2.08. The largest absolute Gasteiger partial charge is 0.494 e. The molecule has 0 saturated heterocycles. The molecule has 0 N–H and O–H groups in total. The summed E-state index contributed by atoms with van der Waals surface area (Å²) in [5, 5.41) is 0.379. The second kappa shape index (κ2) is 6.57. The third-order valence-corrected chi connectivity index (χ3v) is 2.76. The van der Waals surface area contributed by atoms with Crippen LogP contribution in [0.25, 0.3) is 0 Å². The van der Waals surface area contributed by atoms with Gasteiger partial charge in [-0.3, -0.25) is 0 Å². The predicted molar refractivity (Wildman–Crippen MR) is 78.8 cm³/mol. The lowest BCUT2D eigenvalue weighted by atomic mass is 10.2. The molecule has 0 radical (unpaired) electrons. The van der Waals surface area contributed by atoms with Gasteiger partial charge in [-0.2, -0.15) is 4.98 Å². The van der Waals surface area contributed by atoms with Crippen LogP contribution in [-0.2, 0) is 0 Å². The molecule has 0 unspecified atom stereocenters. The van der Waals surface area contributed by atoms with E-state index in [1.807, 2.05) is 45.0 Å². The summed E-state index contributed by atoms with van der Waals surface area (Å²) in [5.74, 6) is 2.79. The van der Waals surface area contributed by atoms with E-state index in [4.69, 9.17) is 21.1 Å². The Morgan fingerprint density at radius 1 is 1.10 bits per heavy atom. The van der Waals surface area contributed by atoms with Crippen LogP contribution in [0.2, 0.25) is 5.15 Å². The summed E-state index contributed by atoms with van der Waals surface area (Å²) >= 11 is 5.98. The lowest BCUT2D eigenvalue weighted by molar-refractivity contribution is 0.339. The van der Waals surface area contributed by atoms with E-state index in [1.54, 1.807) is 6.07 Å². The van der Waals surface area contributed by atoms with Crippen LogP contribution in [0.15, 0.2) is 30.3 Å². The minimum atomic E-state index is 0.191. The lowest BCUT2D eigenvalue weighted by Crippen LogP contribution is -1.99. The Morgan fingerprint density at radius 3 is 2.35 bits per heavy atom. The molecule has 0 amide bonds. The predicted octanol–water partition coefficient (Wildman–Crippen LogP) is 4.44. The van der Waals surface area contributed by atoms with Gasteiger partial charge >= 0.3 is 0 Å². The van der Waals surface area contributed by atoms with Crippen LogP contribution in [0.4, 0.5) is 0 Å². The van der Waals surface area contributed by atoms with Crippen LogP contribution in [0.3, 0.4) is 0 Å². The number of ether oxygens (including phenoxy) is 2. The Hall–Kier alpha value is -1.81. The summed E-state index contributed by atoms with van der Waals surface area (Å²) in [6.07, 6.45) is 0. The van der Waals surface area contributed by atoms with Crippen molar-refractivity contribution >= 4 is 11.6 Å². The highest BCUT2D eigenvalue weighted by Crippen LogP contribution is 2.25. The maximum Gasteiger partial charge on any atom is 0.224 e. The second-order valence-corrected chi connectivity index (χ2v) is 4.94. The summed E-state index contributed by atoms with van der Waals surface area (Å²) in [5.41, 5.74) is 0. The first-order valence-corrected chi connectivity index (χ1v) is 6.91. The van der Waals surface area contributed by atoms with E-state index in [2.05, 4.69) is 9.97 Å². The zero-order chi connectivity index (χ0) is 14.5. The van der Waals surface area contributed by atoms with Crippen molar-refractivity contribution in [3.05, 3.63) is 41.3 Å². The number of nitrogens with zero attached hydrogens (tertiary/aromatic N) is 2. The molecular weight excluding hydrogens is 276 g/mol. The molecule has 5 heteroatoms. The first-order chi connectivity index (χ1) is 9.58. The maximum absolute atomic E-state index is 5.98. The van der Waals surface area contributed by atoms with Gasteiger partial charge < -0.3 is 9.47 Å². The molecule has 0 aliphatic heterocycles. The number of rotatable bonds is 5. The number of benzene rings is 1. The van der Waals surface area contributed by atoms with Gasteiger partial charge in [0.05, 0.1) is 6.61 Å². The van der Waals surface area contributed by atoms with Crippen molar-refractivity contribution < 1.29 is 9.47 Å². The molecule has 4 nitrogen and oxygen atoms in total. The van der Waals surface area contributed by atoms with E-state index in [1.165, 1.54) is 0 Å². The highest BCUT2D eigenvalue weighted by atomic mass is 35.5. The first-order valence-electron chi connectivity index (χ1n) is 6.53. The summed E-state index contributed by atoms with van der Waals surface area (Å²) in [6, 6.07) is 8.96. The van der Waals surface area contributed by atoms with Gasteiger partial charge in [-0.15, -0.1) is 0 Å². The average molecular weight is 293 g/mol. The quantitative estimate of drug-likeness (QED) is 0.764. The molecule has 0 aliphatic rings. The zero-order valence-corrected chi connectivity index (χ0v) is 12.5. The van der Waals surface area contributed by atoms with Gasteiger partial charge in [0.2, 0.25) is 5.88 Å². The van der Waals surface area contributed by atoms with E-state index in [-0.39, 0.29) is 5.92 Å². The van der Waals surface area contributed by atoms with Crippen molar-refractivity contribution in [2.75, 3.05) is 6.61 Å². The smallest absolute Gasteiger partial charge is 0.224 e. The Morgan fingerprint density at radius 2 is 1.75 bits per heavy atom. The number of hydrogen-bond donors (Lipinski definition) is 0. The van der Waals surface area contributed by atoms with Crippen molar-refractivity contribution in [1.29, 1.82) is 0 Å². The molecule has 0 aliphatic carbocycles. The molecule has 1 aromatic carbocycles. The molecular formula is C15H17ClN2O2. The SMILES string of the molecule is CCOc1ccc(Oc2cc(Cl)nc(C(C)C)n2)cc1. The number of hydrogen-bond acceptors (Lipinski definition) is 4. The van der Waals surface area contributed by atoms with Crippen molar-refractivity contribution in [1.82, 2.24) is 9.97 Å². The van der Waals surface area contributed by atoms with E-state index < -0.39 is 0 Å². The third-order valence-electron chi connectivity index (χ3n) is 2.56. The van der Waals surface area contributed by atoms with Gasteiger partial charge in [0, 0.05) is 12.0 Å². The number of halogens is 1. The fraction of sp³-hybridized carbons (Fsp3) is 0.333. The highest BCUT2D eigenvalue weighted by molar-refractivity contribution is 6.29. The van der Waals surface area contributed by atoms with Crippen LogP contribution < -0.4 is 9.47 Å². The van der Waals surface area contributed by atoms with Crippen LogP contribution >= 0.6 is 11.6 Å². The minimum Gasteiger partial charge on any atom is -0.494 e. The summed E-state index contributed by atoms with van der Waals surface area (Å²) < 4.78 is 11.1. The van der Waals surface area contributed by atoms with Crippen LogP contribution in [0.1, 0.15) is 32.5 Å². The molecule has 0 atom stereocenters. The molecule has 1 heterocycles. The second-order valence-electron chi connectivity index (χ2n) is 4.55. The van der Waals surface area contributed by atoms with Crippen molar-refractivity contribution in [2.45, 2.75) is 26.7 Å². The molecule has 2 rings (SSSR count). The van der Waals surface area contributed by atoms with Gasteiger partial charge in [0.15, 0.2) is 0 Å². The molecule has 20 heavy (non-hydrogen) atoms. The van der Waals surface area contributed by atoms with Crippen molar-refractivity contribution in [2.24, 2.45) is 0 Å². The molecule has 1 aromatic heterocycles. The van der Waals surface area contributed by atoms with Crippen LogP contribution in [0.5, 0.6) is 17.4 Å². The summed E-state index contributed by atoms with van der Waals surface area (Å²) in [4.78, 5) is 8.51. The van der Waals surface area contributed by atoms with Gasteiger partial charge in [-0.05, 0) is 31.2 Å². The fourth-order valence-electron chi connectivity index (χ4n) is 1.62. The fourth-order valence-corrected chi connectivity index (χ4v) is 1.80. The monoisotopic (exact) mass is 292 g/mol. The van der Waals surface area contributed by atoms with E-state index in [0.29, 0.717) is 29.2 Å². The van der Waals surface area contributed by atoms with Gasteiger partial charge in [-0.25, -0.2) is 4.98 Å². The summed E-state index contributed by atoms with van der Waals surface area (Å²) in [6.45, 7) is 6.60. The Kier molecular flexibility index (Phi) is 4.79. The van der Waals surface area contributed by atoms with E-state index in [0.717, 1.165) is 5.75 Å². The zero-order valence-electron chi connectivity index (χ0n) is 11.8. The topological polar surface area (TPSA) is 44.2 Å². The molecule has 0 spiro atoms. The van der Waals surface area contributed by atoms with Crippen LogP contribution in [0, 0.1) is 0 Å². The average Bonchev–Trinajstić information content (AvgIpc) is 2.40. The van der Waals surface area contributed by atoms with Crippen LogP contribution in [-0.4, -0.2) is 16.6 Å². The minimum absolute atomic E-state index is 0.191. The first kappa shape index (κ1) is 14.6. The molecule has 106 valence electrons. The molecule has 0 fully saturated rings. The molecule has 2 aromatic rings. The molecule has 0 bridgehead atoms. The van der Waals surface area contributed by atoms with Gasteiger partial charge in [0.25, 0.3) is 0 Å². The lowest BCUT2D eigenvalue weighted by Gasteiger charge is -2.09. The Bertz CT molecular complexity index is 571. The normalized spacial score (nSPS) is 10.7. The van der Waals surface area contributed by atoms with E-state index in [9.17, 15) is 0 Å². The maximum atomic E-state index is 5.98. The Balaban J connectivity index is 2.16. The van der Waals surface area contributed by atoms with Gasteiger partial charge in [0.1, 0.15) is 22.5 Å². The van der Waals surface area contributed by atoms with Gasteiger partial charge in [-0.1, -0.05) is 25.4 Å². The van der Waals surface area contributed by atoms with E-state index >= 15 is 0 Å². The number of aromatic nitrogens is 2. The standard InChI is InChI=1S/C15H17ClN2O2/c1-4-19-11-5-7-12(8-6-11)20-14-9-13(16)17-15(18-14)10(2)3/h5-10H,4H2,1-3H3. The van der Waals surface area contributed by atoms with Crippen molar-refractivity contribution in [3.8, 4) is 17.4 Å². The summed E-state index contributed by atoms with van der Waals surface area (Å²) in [7, 11) is 0. The molecule has 0 saturated carbocycles.